The van der Waals surface area contributed by atoms with E-state index in [2.05, 4.69) is 54.7 Å². The second kappa shape index (κ2) is 14.3. The van der Waals surface area contributed by atoms with Crippen LogP contribution in [0.1, 0.15) is 82.5 Å². The number of aromatic nitrogens is 3. The highest BCUT2D eigenvalue weighted by molar-refractivity contribution is 7.13. The summed E-state index contributed by atoms with van der Waals surface area (Å²) in [5.41, 5.74) is 6.66. The molecule has 4 atom stereocenters. The van der Waals surface area contributed by atoms with Gasteiger partial charge in [-0.1, -0.05) is 36.4 Å². The van der Waals surface area contributed by atoms with Crippen molar-refractivity contribution in [1.29, 1.82) is 0 Å². The van der Waals surface area contributed by atoms with Gasteiger partial charge in [0, 0.05) is 78.8 Å². The molecule has 4 unspecified atom stereocenters. The first-order chi connectivity index (χ1) is 27.8. The average Bonchev–Trinajstić information content (AvgIpc) is 4.05. The van der Waals surface area contributed by atoms with Crippen LogP contribution >= 0.6 is 11.3 Å². The van der Waals surface area contributed by atoms with Gasteiger partial charge >= 0.3 is 0 Å². The zero-order valence-corrected chi connectivity index (χ0v) is 32.0. The van der Waals surface area contributed by atoms with Crippen LogP contribution in [0.25, 0.3) is 11.1 Å². The number of fused-ring (bicyclic) bond motifs is 4. The maximum Gasteiger partial charge on any atom is 0.255 e. The lowest BCUT2D eigenvalue weighted by molar-refractivity contribution is -0.134. The molecule has 12 nitrogen and oxygen atoms in total. The van der Waals surface area contributed by atoms with Crippen molar-refractivity contribution in [2.45, 2.75) is 82.2 Å². The highest BCUT2D eigenvalue weighted by Gasteiger charge is 2.43. The van der Waals surface area contributed by atoms with Crippen molar-refractivity contribution in [2.75, 3.05) is 23.3 Å². The van der Waals surface area contributed by atoms with E-state index in [9.17, 15) is 19.2 Å². The highest BCUT2D eigenvalue weighted by Crippen LogP contribution is 2.39. The Hall–Kier alpha value is -5.73. The van der Waals surface area contributed by atoms with Crippen LogP contribution < -0.4 is 15.5 Å². The second-order valence-electron chi connectivity index (χ2n) is 15.8. The molecule has 3 fully saturated rings. The number of hydrogen-bond donors (Lipinski definition) is 2. The van der Waals surface area contributed by atoms with E-state index in [0.717, 1.165) is 74.4 Å². The molecule has 2 N–H and O–H groups in total. The number of benzene rings is 3. The van der Waals surface area contributed by atoms with Gasteiger partial charge in [0.25, 0.3) is 11.8 Å². The summed E-state index contributed by atoms with van der Waals surface area (Å²) in [6, 6.07) is 19.4. The largest absolute Gasteiger partial charge is 0.368 e. The number of halogens is 1. The smallest absolute Gasteiger partial charge is 0.255 e. The molecule has 7 heterocycles. The Morgan fingerprint density at radius 3 is 2.47 bits per heavy atom. The van der Waals surface area contributed by atoms with Crippen molar-refractivity contribution in [3.63, 3.8) is 0 Å². The van der Waals surface area contributed by atoms with E-state index in [4.69, 9.17) is 0 Å². The van der Waals surface area contributed by atoms with Gasteiger partial charge in [-0.2, -0.15) is 0 Å². The molecule has 290 valence electrons. The summed E-state index contributed by atoms with van der Waals surface area (Å²) >= 11 is 1.29. The fourth-order valence-corrected chi connectivity index (χ4v) is 10.1. The van der Waals surface area contributed by atoms with Gasteiger partial charge in [-0.15, -0.1) is 11.3 Å². The van der Waals surface area contributed by atoms with Crippen LogP contribution in [0.15, 0.2) is 78.6 Å². The Morgan fingerprint density at radius 2 is 1.74 bits per heavy atom. The lowest BCUT2D eigenvalue weighted by Crippen LogP contribution is -2.53. The van der Waals surface area contributed by atoms with Crippen LogP contribution in [-0.4, -0.2) is 73.1 Å². The first-order valence-corrected chi connectivity index (χ1v) is 20.6. The number of thiazole rings is 1. The molecule has 5 aromatic rings. The number of nitrogens with one attached hydrogen (secondary N) is 2. The van der Waals surface area contributed by atoms with Crippen LogP contribution in [0.5, 0.6) is 0 Å². The molecule has 2 bridgehead atoms. The number of nitrogens with zero attached hydrogens (tertiary/aromatic N) is 6. The fraction of sp³-hybridized carbons (Fsp3) is 0.349. The molecule has 0 saturated carbocycles. The number of imide groups is 1. The number of hydrogen-bond acceptors (Lipinski definition) is 9. The number of amides is 4. The average molecular weight is 785 g/mol. The van der Waals surface area contributed by atoms with E-state index < -0.39 is 23.7 Å². The topological polar surface area (TPSA) is 133 Å². The Balaban J connectivity index is 0.828. The quantitative estimate of drug-likeness (QED) is 0.179. The molecule has 3 saturated heterocycles. The number of carbonyl (C=O) groups is 4. The summed E-state index contributed by atoms with van der Waals surface area (Å²) in [7, 11) is 0. The van der Waals surface area contributed by atoms with Gasteiger partial charge in [-0.3, -0.25) is 34.7 Å². The lowest BCUT2D eigenvalue weighted by Gasteiger charge is -2.42. The fourth-order valence-electron chi connectivity index (χ4n) is 9.57. The number of imidazole rings is 1. The number of anilines is 2. The predicted molar refractivity (Wildman–Crippen MR) is 212 cm³/mol. The Kier molecular flexibility index (Phi) is 8.97. The van der Waals surface area contributed by atoms with Crippen LogP contribution in [0.2, 0.25) is 0 Å². The first-order valence-electron chi connectivity index (χ1n) is 19.7. The van der Waals surface area contributed by atoms with Gasteiger partial charge in [-0.25, -0.2) is 14.4 Å². The molecule has 4 amide bonds. The third-order valence-corrected chi connectivity index (χ3v) is 13.2. The number of aryl methyl sites for hydroxylation is 1. The Morgan fingerprint density at radius 1 is 0.947 bits per heavy atom. The summed E-state index contributed by atoms with van der Waals surface area (Å²) < 4.78 is 18.0. The van der Waals surface area contributed by atoms with Gasteiger partial charge in [0.2, 0.25) is 11.8 Å². The van der Waals surface area contributed by atoms with Crippen LogP contribution in [0.3, 0.4) is 0 Å². The van der Waals surface area contributed by atoms with Crippen molar-refractivity contribution in [3.05, 3.63) is 118 Å². The third-order valence-electron chi connectivity index (χ3n) is 12.5. The van der Waals surface area contributed by atoms with Crippen molar-refractivity contribution >= 4 is 45.8 Å². The van der Waals surface area contributed by atoms with Crippen LogP contribution in [0.4, 0.5) is 15.2 Å². The molecular formula is C43H41FN8O4S. The number of piperazine rings is 1. The SMILES string of the molecule is O=C1CCC(c2ccc(CN3C4CCC3CN(c3ccc(-c5cc(F)c6c(c5)C(=O)N(C(C(=O)Nc5nccs5)c5ncn7c5CCC7)C6)cc3)C4)cc2)C(=O)N1. The molecule has 57 heavy (non-hydrogen) atoms. The van der Waals surface area contributed by atoms with Crippen molar-refractivity contribution < 1.29 is 23.6 Å². The van der Waals surface area contributed by atoms with E-state index in [-0.39, 0.29) is 35.4 Å². The first kappa shape index (κ1) is 35.7. The summed E-state index contributed by atoms with van der Waals surface area (Å²) in [5.74, 6) is -2.00. The maximum absolute atomic E-state index is 16.0. The summed E-state index contributed by atoms with van der Waals surface area (Å²) in [5, 5.41) is 7.50. The van der Waals surface area contributed by atoms with E-state index in [1.54, 1.807) is 24.0 Å². The van der Waals surface area contributed by atoms with Crippen LogP contribution in [0, 0.1) is 5.82 Å². The van der Waals surface area contributed by atoms with Crippen LogP contribution in [-0.2, 0) is 40.4 Å². The standard InChI is InChI=1S/C43H41FN8O4S/c44-35-19-28(18-33-34(35)23-52(42(33)56)39(41(55)48-43-45-15-17-57-43)38-36-2-1-16-49(36)24-46-38)26-7-9-29(10-8-26)50-21-30-11-12-31(22-50)51(30)20-25-3-5-27(6-4-25)32-13-14-37(53)47-40(32)54/h3-10,15,17-19,24,30-32,39H,1-2,11-14,16,20-23H2,(H,45,48,55)(H,47,53,54). The van der Waals surface area contributed by atoms with Gasteiger partial charge < -0.3 is 14.4 Å². The summed E-state index contributed by atoms with van der Waals surface area (Å²) in [6.45, 7) is 3.42. The predicted octanol–water partition coefficient (Wildman–Crippen LogP) is 5.80. The maximum atomic E-state index is 16.0. The Bertz CT molecular complexity index is 2380. The molecule has 0 spiro atoms. The van der Waals surface area contributed by atoms with Gasteiger partial charge in [0.1, 0.15) is 5.82 Å². The zero-order chi connectivity index (χ0) is 38.8. The highest BCUT2D eigenvalue weighted by atomic mass is 32.1. The molecule has 0 radical (unpaired) electrons. The number of carbonyl (C=O) groups excluding carboxylic acids is 4. The Labute approximate surface area is 332 Å². The molecule has 0 aliphatic carbocycles. The van der Waals surface area contributed by atoms with Crippen molar-refractivity contribution in [1.82, 2.24) is 29.7 Å². The van der Waals surface area contributed by atoms with Gasteiger partial charge in [0.05, 0.1) is 24.5 Å². The van der Waals surface area contributed by atoms with E-state index in [0.29, 0.717) is 41.3 Å². The normalized spacial score (nSPS) is 22.1. The summed E-state index contributed by atoms with van der Waals surface area (Å²) in [6.07, 6.45) is 8.18. The van der Waals surface area contributed by atoms with Gasteiger partial charge in [-0.05, 0) is 78.6 Å². The zero-order valence-electron chi connectivity index (χ0n) is 31.2. The van der Waals surface area contributed by atoms with E-state index in [1.165, 1.54) is 27.9 Å². The van der Waals surface area contributed by atoms with Gasteiger partial charge in [0.15, 0.2) is 11.2 Å². The third kappa shape index (κ3) is 6.50. The number of rotatable bonds is 9. The second-order valence-corrected chi connectivity index (χ2v) is 16.7. The lowest BCUT2D eigenvalue weighted by atomic mass is 9.90. The molecule has 5 aliphatic heterocycles. The summed E-state index contributed by atoms with van der Waals surface area (Å²) in [4.78, 5) is 67.2. The van der Waals surface area contributed by atoms with Crippen molar-refractivity contribution in [3.8, 4) is 11.1 Å². The minimum atomic E-state index is -1.04. The van der Waals surface area contributed by atoms with E-state index >= 15 is 4.39 Å². The molecule has 10 rings (SSSR count). The molecule has 14 heteroatoms. The minimum Gasteiger partial charge on any atom is -0.368 e. The molecule has 2 aromatic heterocycles. The van der Waals surface area contributed by atoms with E-state index in [1.807, 2.05) is 28.8 Å². The number of piperidine rings is 1. The monoisotopic (exact) mass is 784 g/mol. The van der Waals surface area contributed by atoms with Crippen molar-refractivity contribution in [2.24, 2.45) is 0 Å². The molecular weight excluding hydrogens is 744 g/mol. The molecule has 5 aliphatic rings. The minimum absolute atomic E-state index is 0.0382. The molecule has 3 aromatic carbocycles.